The lowest BCUT2D eigenvalue weighted by molar-refractivity contribution is -0.134. The standard InChI is InChI=1S/C13H16O3/c1-3-9-16-12-6-4-5-11(10-12)7-8-13(14)15-2/h4-8,10H,3,9H2,1-2H3/b8-7+. The van der Waals surface area contributed by atoms with E-state index in [1.807, 2.05) is 24.3 Å². The van der Waals surface area contributed by atoms with Crippen molar-refractivity contribution in [3.05, 3.63) is 35.9 Å². The number of hydrogen-bond donors (Lipinski definition) is 0. The Labute approximate surface area is 95.7 Å². The summed E-state index contributed by atoms with van der Waals surface area (Å²) in [7, 11) is 1.35. The maximum Gasteiger partial charge on any atom is 0.330 e. The minimum Gasteiger partial charge on any atom is -0.494 e. The summed E-state index contributed by atoms with van der Waals surface area (Å²) < 4.78 is 9.99. The highest BCUT2D eigenvalue weighted by Gasteiger charge is 1.95. The van der Waals surface area contributed by atoms with Crippen LogP contribution in [0.1, 0.15) is 18.9 Å². The Morgan fingerprint density at radius 3 is 2.94 bits per heavy atom. The fraction of sp³-hybridized carbons (Fsp3) is 0.308. The predicted molar refractivity (Wildman–Crippen MR) is 63.3 cm³/mol. The third-order valence-corrected chi connectivity index (χ3v) is 1.94. The summed E-state index contributed by atoms with van der Waals surface area (Å²) >= 11 is 0. The molecular formula is C13H16O3. The van der Waals surface area contributed by atoms with Gasteiger partial charge in [0.15, 0.2) is 0 Å². The molecule has 1 aromatic rings. The van der Waals surface area contributed by atoms with Gasteiger partial charge in [0.1, 0.15) is 5.75 Å². The molecule has 0 unspecified atom stereocenters. The number of methoxy groups -OCH3 is 1. The molecule has 1 rings (SSSR count). The van der Waals surface area contributed by atoms with Gasteiger partial charge in [-0.2, -0.15) is 0 Å². The molecule has 0 saturated carbocycles. The van der Waals surface area contributed by atoms with Gasteiger partial charge >= 0.3 is 5.97 Å². The highest BCUT2D eigenvalue weighted by atomic mass is 16.5. The molecule has 0 aromatic heterocycles. The van der Waals surface area contributed by atoms with Crippen molar-refractivity contribution in [3.63, 3.8) is 0 Å². The van der Waals surface area contributed by atoms with Crippen molar-refractivity contribution < 1.29 is 14.3 Å². The number of benzene rings is 1. The third kappa shape index (κ3) is 4.17. The molecule has 0 atom stereocenters. The van der Waals surface area contributed by atoms with E-state index in [0.717, 1.165) is 17.7 Å². The molecule has 0 saturated heterocycles. The molecule has 0 aliphatic carbocycles. The number of rotatable bonds is 5. The first kappa shape index (κ1) is 12.3. The van der Waals surface area contributed by atoms with Crippen LogP contribution in [0.25, 0.3) is 6.08 Å². The maximum absolute atomic E-state index is 10.9. The van der Waals surface area contributed by atoms with Crippen molar-refractivity contribution in [1.82, 2.24) is 0 Å². The molecule has 0 fully saturated rings. The second-order valence-electron chi connectivity index (χ2n) is 3.28. The lowest BCUT2D eigenvalue weighted by Gasteiger charge is -2.04. The summed E-state index contributed by atoms with van der Waals surface area (Å²) in [4.78, 5) is 10.9. The molecule has 16 heavy (non-hydrogen) atoms. The molecule has 0 aliphatic rings. The summed E-state index contributed by atoms with van der Waals surface area (Å²) in [6.07, 6.45) is 4.06. The zero-order chi connectivity index (χ0) is 11.8. The summed E-state index contributed by atoms with van der Waals surface area (Å²) in [5.41, 5.74) is 0.916. The van der Waals surface area contributed by atoms with Crippen molar-refractivity contribution in [2.75, 3.05) is 13.7 Å². The fourth-order valence-electron chi connectivity index (χ4n) is 1.16. The topological polar surface area (TPSA) is 35.5 Å². The molecule has 0 spiro atoms. The number of ether oxygens (including phenoxy) is 2. The van der Waals surface area contributed by atoms with E-state index in [1.165, 1.54) is 13.2 Å². The average Bonchev–Trinajstić information content (AvgIpc) is 2.34. The molecule has 0 N–H and O–H groups in total. The minimum absolute atomic E-state index is 0.361. The Morgan fingerprint density at radius 2 is 2.25 bits per heavy atom. The predicted octanol–water partition coefficient (Wildman–Crippen LogP) is 2.66. The van der Waals surface area contributed by atoms with E-state index < -0.39 is 0 Å². The van der Waals surface area contributed by atoms with Gasteiger partial charge in [0.05, 0.1) is 13.7 Å². The SMILES string of the molecule is CCCOc1cccc(/C=C/C(=O)OC)c1. The summed E-state index contributed by atoms with van der Waals surface area (Å²) in [6, 6.07) is 7.57. The van der Waals surface area contributed by atoms with Crippen LogP contribution in [-0.2, 0) is 9.53 Å². The van der Waals surface area contributed by atoms with Gasteiger partial charge in [-0.3, -0.25) is 0 Å². The first-order valence-electron chi connectivity index (χ1n) is 5.25. The van der Waals surface area contributed by atoms with E-state index in [9.17, 15) is 4.79 Å². The Kier molecular flexibility index (Phi) is 5.12. The summed E-state index contributed by atoms with van der Waals surface area (Å²) in [5.74, 6) is 0.453. The van der Waals surface area contributed by atoms with Crippen molar-refractivity contribution in [1.29, 1.82) is 0 Å². The van der Waals surface area contributed by atoms with Crippen LogP contribution in [0.2, 0.25) is 0 Å². The molecule has 0 radical (unpaired) electrons. The molecule has 3 heteroatoms. The molecule has 3 nitrogen and oxygen atoms in total. The van der Waals surface area contributed by atoms with Crippen LogP contribution >= 0.6 is 0 Å². The first-order chi connectivity index (χ1) is 7.76. The van der Waals surface area contributed by atoms with Gasteiger partial charge < -0.3 is 9.47 Å². The lowest BCUT2D eigenvalue weighted by Crippen LogP contribution is -1.95. The molecule has 0 bridgehead atoms. The van der Waals surface area contributed by atoms with E-state index in [-0.39, 0.29) is 5.97 Å². The summed E-state index contributed by atoms with van der Waals surface area (Å²) in [6.45, 7) is 2.76. The van der Waals surface area contributed by atoms with Gasteiger partial charge in [-0.15, -0.1) is 0 Å². The quantitative estimate of drug-likeness (QED) is 0.565. The second kappa shape index (κ2) is 6.67. The van der Waals surface area contributed by atoms with Crippen molar-refractivity contribution >= 4 is 12.0 Å². The summed E-state index contributed by atoms with van der Waals surface area (Å²) in [5, 5.41) is 0. The number of carbonyl (C=O) groups excluding carboxylic acids is 1. The highest BCUT2D eigenvalue weighted by Crippen LogP contribution is 2.14. The van der Waals surface area contributed by atoms with Crippen LogP contribution in [-0.4, -0.2) is 19.7 Å². The Bertz CT molecular complexity index is 369. The first-order valence-corrected chi connectivity index (χ1v) is 5.25. The normalized spacial score (nSPS) is 10.4. The van der Waals surface area contributed by atoms with E-state index in [0.29, 0.717) is 6.61 Å². The Hall–Kier alpha value is -1.77. The smallest absolute Gasteiger partial charge is 0.330 e. The number of carbonyl (C=O) groups is 1. The van der Waals surface area contributed by atoms with Crippen molar-refractivity contribution in [2.45, 2.75) is 13.3 Å². The lowest BCUT2D eigenvalue weighted by atomic mass is 10.2. The van der Waals surface area contributed by atoms with Gasteiger partial charge in [0, 0.05) is 6.08 Å². The van der Waals surface area contributed by atoms with E-state index in [4.69, 9.17) is 4.74 Å². The van der Waals surface area contributed by atoms with Crippen LogP contribution < -0.4 is 4.74 Å². The Balaban J connectivity index is 2.66. The van der Waals surface area contributed by atoms with Crippen LogP contribution in [0.15, 0.2) is 30.3 Å². The van der Waals surface area contributed by atoms with Crippen molar-refractivity contribution in [2.24, 2.45) is 0 Å². The molecule has 1 aromatic carbocycles. The van der Waals surface area contributed by atoms with Crippen LogP contribution in [0.3, 0.4) is 0 Å². The zero-order valence-corrected chi connectivity index (χ0v) is 9.60. The molecular weight excluding hydrogens is 204 g/mol. The largest absolute Gasteiger partial charge is 0.494 e. The van der Waals surface area contributed by atoms with Gasteiger partial charge in [0.25, 0.3) is 0 Å². The van der Waals surface area contributed by atoms with E-state index in [1.54, 1.807) is 6.08 Å². The fourth-order valence-corrected chi connectivity index (χ4v) is 1.16. The molecule has 86 valence electrons. The van der Waals surface area contributed by atoms with E-state index >= 15 is 0 Å². The van der Waals surface area contributed by atoms with Crippen molar-refractivity contribution in [3.8, 4) is 5.75 Å². The van der Waals surface area contributed by atoms with Gasteiger partial charge in [-0.1, -0.05) is 19.1 Å². The molecule has 0 heterocycles. The number of esters is 1. The molecule has 0 amide bonds. The van der Waals surface area contributed by atoms with E-state index in [2.05, 4.69) is 11.7 Å². The molecule has 0 aliphatic heterocycles. The minimum atomic E-state index is -0.361. The third-order valence-electron chi connectivity index (χ3n) is 1.94. The van der Waals surface area contributed by atoms with Crippen LogP contribution in [0.4, 0.5) is 0 Å². The van der Waals surface area contributed by atoms with Crippen LogP contribution in [0.5, 0.6) is 5.75 Å². The highest BCUT2D eigenvalue weighted by molar-refractivity contribution is 5.86. The zero-order valence-electron chi connectivity index (χ0n) is 9.60. The van der Waals surface area contributed by atoms with Gasteiger partial charge in [0.2, 0.25) is 0 Å². The van der Waals surface area contributed by atoms with Crippen LogP contribution in [0, 0.1) is 0 Å². The number of hydrogen-bond acceptors (Lipinski definition) is 3. The van der Waals surface area contributed by atoms with Gasteiger partial charge in [-0.25, -0.2) is 4.79 Å². The monoisotopic (exact) mass is 220 g/mol. The average molecular weight is 220 g/mol. The maximum atomic E-state index is 10.9. The van der Waals surface area contributed by atoms with Gasteiger partial charge in [-0.05, 0) is 30.2 Å². The second-order valence-corrected chi connectivity index (χ2v) is 3.28. The Morgan fingerprint density at radius 1 is 1.44 bits per heavy atom.